The highest BCUT2D eigenvalue weighted by Crippen LogP contribution is 2.49. The van der Waals surface area contributed by atoms with Crippen molar-refractivity contribution in [2.24, 2.45) is 35.5 Å². The van der Waals surface area contributed by atoms with Crippen LogP contribution in [0.4, 0.5) is 8.78 Å². The van der Waals surface area contributed by atoms with Crippen LogP contribution in [0.3, 0.4) is 0 Å². The molecule has 3 aliphatic carbocycles. The van der Waals surface area contributed by atoms with Crippen LogP contribution in [-0.4, -0.2) is 5.97 Å². The fourth-order valence-electron chi connectivity index (χ4n) is 6.96. The normalized spacial score (nSPS) is 31.7. The minimum atomic E-state index is -1.07. The molecule has 4 atom stereocenters. The molecule has 0 heterocycles. The van der Waals surface area contributed by atoms with Gasteiger partial charge in [0.25, 0.3) is 0 Å². The van der Waals surface area contributed by atoms with Crippen LogP contribution >= 0.6 is 0 Å². The van der Waals surface area contributed by atoms with Crippen LogP contribution in [0.2, 0.25) is 0 Å². The van der Waals surface area contributed by atoms with Crippen molar-refractivity contribution in [1.29, 1.82) is 0 Å². The number of rotatable bonds is 7. The summed E-state index contributed by atoms with van der Waals surface area (Å²) in [5.74, 6) is 1.13. The monoisotopic (exact) mass is 470 g/mol. The Hall–Kier alpha value is -1.97. The summed E-state index contributed by atoms with van der Waals surface area (Å²) >= 11 is 0. The summed E-state index contributed by atoms with van der Waals surface area (Å²) in [6.07, 6.45) is 19.0. The molecule has 0 N–H and O–H groups in total. The topological polar surface area (TPSA) is 26.3 Å². The van der Waals surface area contributed by atoms with Crippen LogP contribution in [-0.2, 0) is 11.2 Å². The van der Waals surface area contributed by atoms with E-state index < -0.39 is 17.6 Å². The number of halogens is 2. The Kier molecular flexibility index (Phi) is 8.60. The first-order valence-electron chi connectivity index (χ1n) is 13.4. The molecule has 34 heavy (non-hydrogen) atoms. The molecule has 2 nitrogen and oxygen atoms in total. The summed E-state index contributed by atoms with van der Waals surface area (Å²) in [4.78, 5) is 12.7. The van der Waals surface area contributed by atoms with Crippen molar-refractivity contribution in [3.8, 4) is 5.75 Å². The van der Waals surface area contributed by atoms with Gasteiger partial charge >= 0.3 is 5.97 Å². The standard InChI is InChI=1S/C30H40F2O2/c1-3-5-7-22-16-17-27(29(32)28(22)31)34-30(33)23-12-10-21(11-13-23)25-15-14-24-18-20(6-4-2)8-9-26(24)19-25/h3-4,6,16-17,20-21,23-26H,1,5,7-15,18-19H2,2H3/b6-4+. The third kappa shape index (κ3) is 5.80. The number of benzene rings is 1. The van der Waals surface area contributed by atoms with Crippen LogP contribution in [0.15, 0.2) is 36.9 Å². The van der Waals surface area contributed by atoms with Crippen molar-refractivity contribution in [2.45, 2.75) is 84.0 Å². The Bertz CT molecular complexity index is 884. The minimum Gasteiger partial charge on any atom is -0.423 e. The molecule has 1 aromatic carbocycles. The molecular weight excluding hydrogens is 430 g/mol. The number of allylic oxidation sites excluding steroid dienone is 3. The zero-order valence-electron chi connectivity index (χ0n) is 20.6. The van der Waals surface area contributed by atoms with Crippen LogP contribution in [0.25, 0.3) is 0 Å². The fourth-order valence-corrected chi connectivity index (χ4v) is 6.96. The number of aryl methyl sites for hydroxylation is 1. The molecule has 0 amide bonds. The second kappa shape index (κ2) is 11.6. The third-order valence-electron chi connectivity index (χ3n) is 8.89. The summed E-state index contributed by atoms with van der Waals surface area (Å²) in [7, 11) is 0. The van der Waals surface area contributed by atoms with Gasteiger partial charge in [0.05, 0.1) is 5.92 Å². The summed E-state index contributed by atoms with van der Waals surface area (Å²) in [6, 6.07) is 2.88. The Labute approximate surface area is 203 Å². The third-order valence-corrected chi connectivity index (χ3v) is 8.89. The van der Waals surface area contributed by atoms with E-state index in [1.54, 1.807) is 6.08 Å². The molecule has 0 spiro atoms. The second-order valence-corrected chi connectivity index (χ2v) is 10.9. The molecule has 0 aliphatic heterocycles. The fraction of sp³-hybridized carbons (Fsp3) is 0.633. The first-order chi connectivity index (χ1) is 16.5. The van der Waals surface area contributed by atoms with Gasteiger partial charge in [0, 0.05) is 0 Å². The van der Waals surface area contributed by atoms with E-state index in [9.17, 15) is 13.6 Å². The number of esters is 1. The highest BCUT2D eigenvalue weighted by atomic mass is 19.2. The maximum Gasteiger partial charge on any atom is 0.314 e. The van der Waals surface area contributed by atoms with Gasteiger partial charge in [-0.05, 0) is 125 Å². The van der Waals surface area contributed by atoms with Gasteiger partial charge in [0.2, 0.25) is 5.82 Å². The number of carbonyl (C=O) groups excluding carboxylic acids is 1. The SMILES string of the molecule is C=CCCc1ccc(OC(=O)C2CCC(C3CCC4CC(/C=C/C)CCC4C3)CC2)c(F)c1F. The second-order valence-electron chi connectivity index (χ2n) is 10.9. The maximum atomic E-state index is 14.4. The lowest BCUT2D eigenvalue weighted by atomic mass is 9.61. The van der Waals surface area contributed by atoms with E-state index in [1.807, 2.05) is 0 Å². The van der Waals surface area contributed by atoms with E-state index in [0.717, 1.165) is 49.4 Å². The first kappa shape index (κ1) is 25.1. The molecule has 1 aromatic rings. The largest absolute Gasteiger partial charge is 0.423 e. The average Bonchev–Trinajstić information content (AvgIpc) is 2.86. The highest BCUT2D eigenvalue weighted by Gasteiger charge is 2.39. The molecule has 0 radical (unpaired) electrons. The molecule has 186 valence electrons. The summed E-state index contributed by atoms with van der Waals surface area (Å²) in [5, 5.41) is 0. The molecule has 3 aliphatic rings. The van der Waals surface area contributed by atoms with Crippen molar-refractivity contribution < 1.29 is 18.3 Å². The van der Waals surface area contributed by atoms with Gasteiger partial charge in [0.15, 0.2) is 11.6 Å². The zero-order chi connectivity index (χ0) is 24.1. The molecule has 0 aromatic heterocycles. The zero-order valence-corrected chi connectivity index (χ0v) is 20.6. The molecule has 4 rings (SSSR count). The van der Waals surface area contributed by atoms with Crippen LogP contribution in [0.1, 0.15) is 83.1 Å². The number of fused-ring (bicyclic) bond motifs is 1. The number of hydrogen-bond acceptors (Lipinski definition) is 2. The molecule has 3 fully saturated rings. The summed E-state index contributed by atoms with van der Waals surface area (Å²) in [5.41, 5.74) is 0.280. The lowest BCUT2D eigenvalue weighted by molar-refractivity contribution is -0.140. The van der Waals surface area contributed by atoms with Crippen molar-refractivity contribution in [3.63, 3.8) is 0 Å². The number of carbonyl (C=O) groups is 1. The van der Waals surface area contributed by atoms with Gasteiger partial charge in [-0.1, -0.05) is 24.3 Å². The Morgan fingerprint density at radius 2 is 1.59 bits per heavy atom. The molecule has 0 saturated heterocycles. The van der Waals surface area contributed by atoms with Gasteiger partial charge in [-0.25, -0.2) is 4.39 Å². The van der Waals surface area contributed by atoms with Gasteiger partial charge in [-0.15, -0.1) is 6.58 Å². The van der Waals surface area contributed by atoms with E-state index in [0.29, 0.717) is 18.8 Å². The molecule has 4 unspecified atom stereocenters. The molecular formula is C30H40F2O2. The highest BCUT2D eigenvalue weighted by molar-refractivity contribution is 5.75. The van der Waals surface area contributed by atoms with E-state index >= 15 is 0 Å². The van der Waals surface area contributed by atoms with Gasteiger partial charge in [-0.2, -0.15) is 4.39 Å². The summed E-state index contributed by atoms with van der Waals surface area (Å²) in [6.45, 7) is 5.74. The minimum absolute atomic E-state index is 0.216. The van der Waals surface area contributed by atoms with Gasteiger partial charge in [-0.3, -0.25) is 4.79 Å². The van der Waals surface area contributed by atoms with Crippen LogP contribution in [0.5, 0.6) is 5.75 Å². The Balaban J connectivity index is 1.26. The van der Waals surface area contributed by atoms with Crippen molar-refractivity contribution in [3.05, 3.63) is 54.1 Å². The van der Waals surface area contributed by atoms with Crippen LogP contribution < -0.4 is 4.74 Å². The number of ether oxygens (including phenoxy) is 1. The Morgan fingerprint density at radius 1 is 0.941 bits per heavy atom. The molecule has 3 saturated carbocycles. The van der Waals surface area contributed by atoms with Gasteiger partial charge < -0.3 is 4.74 Å². The first-order valence-corrected chi connectivity index (χ1v) is 13.4. The van der Waals surface area contributed by atoms with Crippen LogP contribution in [0, 0.1) is 47.1 Å². The summed E-state index contributed by atoms with van der Waals surface area (Å²) < 4.78 is 34.1. The molecule has 0 bridgehead atoms. The van der Waals surface area contributed by atoms with E-state index in [2.05, 4.69) is 25.7 Å². The molecule has 4 heteroatoms. The van der Waals surface area contributed by atoms with Crippen molar-refractivity contribution >= 4 is 5.97 Å². The number of hydrogen-bond donors (Lipinski definition) is 0. The predicted octanol–water partition coefficient (Wildman–Crippen LogP) is 8.20. The lowest BCUT2D eigenvalue weighted by Crippen LogP contribution is -2.35. The van der Waals surface area contributed by atoms with Crippen molar-refractivity contribution in [1.82, 2.24) is 0 Å². The average molecular weight is 471 g/mol. The van der Waals surface area contributed by atoms with Gasteiger partial charge in [0.1, 0.15) is 0 Å². The van der Waals surface area contributed by atoms with E-state index in [-0.39, 0.29) is 17.2 Å². The quantitative estimate of drug-likeness (QED) is 0.228. The predicted molar refractivity (Wildman–Crippen MR) is 132 cm³/mol. The van der Waals surface area contributed by atoms with Crippen molar-refractivity contribution in [2.75, 3.05) is 0 Å². The van der Waals surface area contributed by atoms with E-state index in [4.69, 9.17) is 4.74 Å². The lowest BCUT2D eigenvalue weighted by Gasteiger charge is -2.45. The van der Waals surface area contributed by atoms with E-state index in [1.165, 1.54) is 50.7 Å². The smallest absolute Gasteiger partial charge is 0.314 e. The maximum absolute atomic E-state index is 14.4. The Morgan fingerprint density at radius 3 is 2.29 bits per heavy atom.